The molecule has 0 atom stereocenters. The third-order valence-corrected chi connectivity index (χ3v) is 5.77. The molecule has 6 aromatic rings. The van der Waals surface area contributed by atoms with Crippen LogP contribution in [0.2, 0.25) is 0 Å². The molecule has 0 aliphatic heterocycles. The molecule has 0 radical (unpaired) electrons. The number of H-pyrrole nitrogens is 1. The topological polar surface area (TPSA) is 80.9 Å². The SMILES string of the molecule is O=c1c2nnc3c(-c4ccccc4)cnn3c2ccn1CCc1c[nH]c2ccc(F)cc12. The highest BCUT2D eigenvalue weighted by Gasteiger charge is 2.14. The smallest absolute Gasteiger partial charge is 0.280 e. The maximum atomic E-state index is 13.6. The van der Waals surface area contributed by atoms with Gasteiger partial charge in [0.2, 0.25) is 0 Å². The first kappa shape index (κ1) is 18.4. The summed E-state index contributed by atoms with van der Waals surface area (Å²) in [5.74, 6) is -0.283. The van der Waals surface area contributed by atoms with Gasteiger partial charge in [0.05, 0.1) is 6.20 Å². The van der Waals surface area contributed by atoms with E-state index in [9.17, 15) is 9.18 Å². The lowest BCUT2D eigenvalue weighted by Crippen LogP contribution is -2.22. The van der Waals surface area contributed by atoms with Crippen molar-refractivity contribution in [1.29, 1.82) is 0 Å². The molecule has 32 heavy (non-hydrogen) atoms. The van der Waals surface area contributed by atoms with Crippen molar-refractivity contribution in [3.05, 3.63) is 94.9 Å². The van der Waals surface area contributed by atoms with Gasteiger partial charge in [-0.05, 0) is 41.8 Å². The van der Waals surface area contributed by atoms with Crippen LogP contribution in [0.25, 0.3) is 38.7 Å². The number of benzene rings is 2. The number of aryl methyl sites for hydroxylation is 2. The van der Waals surface area contributed by atoms with Gasteiger partial charge in [0, 0.05) is 35.4 Å². The second-order valence-electron chi connectivity index (χ2n) is 7.66. The highest BCUT2D eigenvalue weighted by Crippen LogP contribution is 2.24. The number of aromatic amines is 1. The maximum absolute atomic E-state index is 13.6. The second kappa shape index (κ2) is 7.12. The first-order valence-corrected chi connectivity index (χ1v) is 10.2. The summed E-state index contributed by atoms with van der Waals surface area (Å²) in [4.78, 5) is 16.2. The zero-order chi connectivity index (χ0) is 21.7. The van der Waals surface area contributed by atoms with Gasteiger partial charge >= 0.3 is 0 Å². The van der Waals surface area contributed by atoms with E-state index in [1.54, 1.807) is 27.5 Å². The normalized spacial score (nSPS) is 11.7. The van der Waals surface area contributed by atoms with E-state index < -0.39 is 0 Å². The van der Waals surface area contributed by atoms with Crippen LogP contribution in [-0.4, -0.2) is 29.4 Å². The van der Waals surface area contributed by atoms with Crippen molar-refractivity contribution in [3.8, 4) is 11.1 Å². The third-order valence-electron chi connectivity index (χ3n) is 5.77. The molecule has 0 bridgehead atoms. The molecule has 0 aliphatic carbocycles. The number of nitrogens with one attached hydrogen (secondary N) is 1. The fourth-order valence-corrected chi connectivity index (χ4v) is 4.13. The molecule has 0 amide bonds. The Labute approximate surface area is 180 Å². The number of halogens is 1. The van der Waals surface area contributed by atoms with Gasteiger partial charge in [-0.2, -0.15) is 5.10 Å². The lowest BCUT2D eigenvalue weighted by Gasteiger charge is -2.07. The average Bonchev–Trinajstić information content (AvgIpc) is 3.43. The van der Waals surface area contributed by atoms with Crippen LogP contribution in [-0.2, 0) is 13.0 Å². The molecular formula is C24H17FN6O. The molecular weight excluding hydrogens is 407 g/mol. The van der Waals surface area contributed by atoms with Gasteiger partial charge in [-0.25, -0.2) is 8.91 Å². The Bertz CT molecular complexity index is 1670. The molecule has 1 N–H and O–H groups in total. The summed E-state index contributed by atoms with van der Waals surface area (Å²) in [6, 6.07) is 16.3. The van der Waals surface area contributed by atoms with E-state index in [1.807, 2.05) is 42.6 Å². The maximum Gasteiger partial charge on any atom is 0.280 e. The monoisotopic (exact) mass is 424 g/mol. The van der Waals surface area contributed by atoms with Crippen LogP contribution < -0.4 is 5.56 Å². The minimum absolute atomic E-state index is 0.236. The fraction of sp³-hybridized carbons (Fsp3) is 0.0833. The van der Waals surface area contributed by atoms with Crippen molar-refractivity contribution in [1.82, 2.24) is 29.4 Å². The Morgan fingerprint density at radius 2 is 1.91 bits per heavy atom. The van der Waals surface area contributed by atoms with Crippen LogP contribution in [0.4, 0.5) is 4.39 Å². The van der Waals surface area contributed by atoms with Gasteiger partial charge in [-0.3, -0.25) is 4.79 Å². The highest BCUT2D eigenvalue weighted by atomic mass is 19.1. The summed E-state index contributed by atoms with van der Waals surface area (Å²) in [6.07, 6.45) is 5.91. The van der Waals surface area contributed by atoms with Crippen LogP contribution in [0, 0.1) is 5.82 Å². The van der Waals surface area contributed by atoms with Crippen molar-refractivity contribution in [2.24, 2.45) is 0 Å². The molecule has 4 heterocycles. The van der Waals surface area contributed by atoms with Crippen molar-refractivity contribution in [2.75, 3.05) is 0 Å². The van der Waals surface area contributed by atoms with Crippen LogP contribution in [0.3, 0.4) is 0 Å². The number of hydrogen-bond donors (Lipinski definition) is 1. The minimum Gasteiger partial charge on any atom is -0.361 e. The van der Waals surface area contributed by atoms with Crippen molar-refractivity contribution >= 4 is 27.6 Å². The molecule has 7 nitrogen and oxygen atoms in total. The lowest BCUT2D eigenvalue weighted by atomic mass is 10.1. The van der Waals surface area contributed by atoms with Crippen molar-refractivity contribution in [2.45, 2.75) is 13.0 Å². The van der Waals surface area contributed by atoms with Crippen molar-refractivity contribution in [3.63, 3.8) is 0 Å². The van der Waals surface area contributed by atoms with E-state index in [-0.39, 0.29) is 16.9 Å². The molecule has 0 aliphatic rings. The second-order valence-corrected chi connectivity index (χ2v) is 7.66. The van der Waals surface area contributed by atoms with Crippen LogP contribution in [0.15, 0.2) is 78.0 Å². The van der Waals surface area contributed by atoms with E-state index in [2.05, 4.69) is 20.3 Å². The van der Waals surface area contributed by atoms with Crippen molar-refractivity contribution < 1.29 is 4.39 Å². The predicted molar refractivity (Wildman–Crippen MR) is 120 cm³/mol. The van der Waals surface area contributed by atoms with Gasteiger partial charge < -0.3 is 9.55 Å². The van der Waals surface area contributed by atoms with E-state index in [0.717, 1.165) is 27.6 Å². The van der Waals surface area contributed by atoms with E-state index in [1.165, 1.54) is 12.1 Å². The molecule has 6 rings (SSSR count). The quantitative estimate of drug-likeness (QED) is 0.464. The number of pyridine rings is 1. The average molecular weight is 424 g/mol. The molecule has 4 aromatic heterocycles. The van der Waals surface area contributed by atoms with E-state index in [4.69, 9.17) is 0 Å². The van der Waals surface area contributed by atoms with Gasteiger partial charge in [0.15, 0.2) is 11.2 Å². The molecule has 2 aromatic carbocycles. The number of hydrogen-bond acceptors (Lipinski definition) is 4. The summed E-state index contributed by atoms with van der Waals surface area (Å²) in [7, 11) is 0. The summed E-state index contributed by atoms with van der Waals surface area (Å²) < 4.78 is 16.9. The third kappa shape index (κ3) is 2.88. The number of nitrogens with zero attached hydrogens (tertiary/aromatic N) is 5. The van der Waals surface area contributed by atoms with Gasteiger partial charge in [-0.15, -0.1) is 10.2 Å². The molecule has 8 heteroatoms. The van der Waals surface area contributed by atoms with Crippen LogP contribution in [0.1, 0.15) is 5.56 Å². The standard InChI is InChI=1S/C24H17FN6O/c25-17-6-7-20-18(12-17)16(13-26-20)8-10-30-11-9-21-22(24(30)32)28-29-23-19(14-27-31(21)23)15-4-2-1-3-5-15/h1-7,9,11-14,26H,8,10H2. The van der Waals surface area contributed by atoms with E-state index >= 15 is 0 Å². The summed E-state index contributed by atoms with van der Waals surface area (Å²) in [5, 5.41) is 13.8. The fourth-order valence-electron chi connectivity index (χ4n) is 4.13. The predicted octanol–water partition coefficient (Wildman–Crippen LogP) is 3.97. The minimum atomic E-state index is -0.283. The molecule has 0 spiro atoms. The van der Waals surface area contributed by atoms with Crippen LogP contribution >= 0.6 is 0 Å². The highest BCUT2D eigenvalue weighted by molar-refractivity contribution is 5.84. The first-order valence-electron chi connectivity index (χ1n) is 10.2. The largest absolute Gasteiger partial charge is 0.361 e. The number of aromatic nitrogens is 6. The lowest BCUT2D eigenvalue weighted by molar-refractivity contribution is 0.629. The first-order chi connectivity index (χ1) is 15.7. The molecule has 0 fully saturated rings. The molecule has 0 saturated heterocycles. The Morgan fingerprint density at radius 1 is 1.03 bits per heavy atom. The van der Waals surface area contributed by atoms with Gasteiger partial charge in [0.1, 0.15) is 11.3 Å². The molecule has 156 valence electrons. The Kier molecular flexibility index (Phi) is 4.10. The van der Waals surface area contributed by atoms with Crippen LogP contribution in [0.5, 0.6) is 0 Å². The van der Waals surface area contributed by atoms with Gasteiger partial charge in [0.25, 0.3) is 5.56 Å². The zero-order valence-corrected chi connectivity index (χ0v) is 16.9. The summed E-state index contributed by atoms with van der Waals surface area (Å²) in [6.45, 7) is 0.437. The number of fused-ring (bicyclic) bond motifs is 4. The Balaban J connectivity index is 1.37. The number of rotatable bonds is 4. The summed E-state index contributed by atoms with van der Waals surface area (Å²) in [5.41, 5.74) is 4.89. The zero-order valence-electron chi connectivity index (χ0n) is 16.9. The molecule has 0 saturated carbocycles. The summed E-state index contributed by atoms with van der Waals surface area (Å²) >= 11 is 0. The Morgan fingerprint density at radius 3 is 2.78 bits per heavy atom. The van der Waals surface area contributed by atoms with Gasteiger partial charge in [-0.1, -0.05) is 30.3 Å². The van der Waals surface area contributed by atoms with E-state index in [0.29, 0.717) is 24.1 Å². The molecule has 0 unspecified atom stereocenters. The Hall–Kier alpha value is -4.33.